The van der Waals surface area contributed by atoms with Crippen molar-refractivity contribution in [1.82, 2.24) is 5.32 Å². The highest BCUT2D eigenvalue weighted by Gasteiger charge is 2.21. The average molecular weight is 332 g/mol. The van der Waals surface area contributed by atoms with Crippen LogP contribution in [0.25, 0.3) is 0 Å². The van der Waals surface area contributed by atoms with E-state index in [2.05, 4.69) is 5.32 Å². The maximum atomic E-state index is 6.37. The lowest BCUT2D eigenvalue weighted by Crippen LogP contribution is -2.17. The summed E-state index contributed by atoms with van der Waals surface area (Å²) in [6, 6.07) is 5.41. The van der Waals surface area contributed by atoms with Crippen LogP contribution in [0, 0.1) is 0 Å². The molecule has 0 amide bonds. The van der Waals surface area contributed by atoms with E-state index >= 15 is 0 Å². The van der Waals surface area contributed by atoms with Crippen LogP contribution >= 0.6 is 34.5 Å². The molecule has 0 aliphatic rings. The highest BCUT2D eigenvalue weighted by atomic mass is 35.5. The summed E-state index contributed by atoms with van der Waals surface area (Å²) in [7, 11) is 5.05. The minimum Gasteiger partial charge on any atom is -0.493 e. The van der Waals surface area contributed by atoms with Gasteiger partial charge in [0.05, 0.1) is 25.3 Å². The third-order valence-electron chi connectivity index (χ3n) is 3.01. The van der Waals surface area contributed by atoms with Gasteiger partial charge in [-0.25, -0.2) is 0 Å². The van der Waals surface area contributed by atoms with Crippen molar-refractivity contribution in [3.05, 3.63) is 44.1 Å². The summed E-state index contributed by atoms with van der Waals surface area (Å²) in [5.41, 5.74) is 0.899. The number of hydrogen-bond donors (Lipinski definition) is 1. The number of rotatable bonds is 5. The van der Waals surface area contributed by atoms with Gasteiger partial charge < -0.3 is 14.8 Å². The Hall–Kier alpha value is -0.940. The van der Waals surface area contributed by atoms with Crippen molar-refractivity contribution in [3.63, 3.8) is 0 Å². The summed E-state index contributed by atoms with van der Waals surface area (Å²) in [6.45, 7) is 0. The zero-order chi connectivity index (χ0) is 14.7. The van der Waals surface area contributed by atoms with Gasteiger partial charge in [-0.3, -0.25) is 0 Å². The van der Waals surface area contributed by atoms with Crippen molar-refractivity contribution in [1.29, 1.82) is 0 Å². The van der Waals surface area contributed by atoms with E-state index in [0.717, 1.165) is 15.5 Å². The van der Waals surface area contributed by atoms with Crippen LogP contribution in [0.2, 0.25) is 10.0 Å². The molecule has 0 aliphatic heterocycles. The molecule has 3 nitrogen and oxygen atoms in total. The van der Waals surface area contributed by atoms with Crippen LogP contribution in [0.15, 0.2) is 23.6 Å². The molecule has 0 saturated heterocycles. The van der Waals surface area contributed by atoms with Crippen LogP contribution in [-0.4, -0.2) is 21.3 Å². The van der Waals surface area contributed by atoms with Gasteiger partial charge in [-0.2, -0.15) is 0 Å². The third kappa shape index (κ3) is 2.88. The first-order valence-corrected chi connectivity index (χ1v) is 7.57. The fraction of sp³-hybridized carbons (Fsp3) is 0.286. The lowest BCUT2D eigenvalue weighted by atomic mass is 10.0. The number of nitrogens with one attached hydrogen (secondary N) is 1. The standard InChI is InChI=1S/C14H15Cl2NO2S/c1-17-13(14-9(15)4-5-20-14)8-6-11(18-2)12(19-3)7-10(8)16/h4-7,13,17H,1-3H3. The molecule has 1 N–H and O–H groups in total. The zero-order valence-corrected chi connectivity index (χ0v) is 13.7. The molecular weight excluding hydrogens is 317 g/mol. The smallest absolute Gasteiger partial charge is 0.162 e. The van der Waals surface area contributed by atoms with Gasteiger partial charge in [-0.05, 0) is 30.1 Å². The molecule has 0 bridgehead atoms. The Morgan fingerprint density at radius 3 is 2.25 bits per heavy atom. The van der Waals surface area contributed by atoms with Crippen LogP contribution in [-0.2, 0) is 0 Å². The van der Waals surface area contributed by atoms with Crippen LogP contribution in [0.4, 0.5) is 0 Å². The number of ether oxygens (including phenoxy) is 2. The molecule has 6 heteroatoms. The van der Waals surface area contributed by atoms with Gasteiger partial charge >= 0.3 is 0 Å². The second-order valence-electron chi connectivity index (χ2n) is 4.08. The Labute approximate surface area is 132 Å². The quantitative estimate of drug-likeness (QED) is 0.881. The van der Waals surface area contributed by atoms with Gasteiger partial charge in [0.2, 0.25) is 0 Å². The zero-order valence-electron chi connectivity index (χ0n) is 11.4. The van der Waals surface area contributed by atoms with E-state index in [4.69, 9.17) is 32.7 Å². The van der Waals surface area contributed by atoms with E-state index in [1.807, 2.05) is 24.6 Å². The van der Waals surface area contributed by atoms with E-state index in [-0.39, 0.29) is 6.04 Å². The number of halogens is 2. The Morgan fingerprint density at radius 1 is 1.10 bits per heavy atom. The molecule has 0 fully saturated rings. The molecule has 0 aliphatic carbocycles. The van der Waals surface area contributed by atoms with Crippen LogP contribution in [0.3, 0.4) is 0 Å². The number of hydrogen-bond acceptors (Lipinski definition) is 4. The molecule has 20 heavy (non-hydrogen) atoms. The first-order valence-electron chi connectivity index (χ1n) is 5.94. The molecule has 1 aromatic carbocycles. The molecule has 1 atom stereocenters. The lowest BCUT2D eigenvalue weighted by molar-refractivity contribution is 0.354. The van der Waals surface area contributed by atoms with Crippen LogP contribution < -0.4 is 14.8 Å². The highest BCUT2D eigenvalue weighted by molar-refractivity contribution is 7.10. The van der Waals surface area contributed by atoms with E-state index in [0.29, 0.717) is 16.5 Å². The van der Waals surface area contributed by atoms with Gasteiger partial charge in [0.15, 0.2) is 11.5 Å². The minimum atomic E-state index is -0.0881. The molecule has 1 heterocycles. The Bertz CT molecular complexity index is 601. The van der Waals surface area contributed by atoms with Crippen LogP contribution in [0.1, 0.15) is 16.5 Å². The topological polar surface area (TPSA) is 30.5 Å². The van der Waals surface area contributed by atoms with Crippen molar-refractivity contribution in [2.45, 2.75) is 6.04 Å². The largest absolute Gasteiger partial charge is 0.493 e. The molecule has 0 spiro atoms. The van der Waals surface area contributed by atoms with Gasteiger partial charge in [-0.15, -0.1) is 11.3 Å². The first-order chi connectivity index (χ1) is 9.62. The second-order valence-corrected chi connectivity index (χ2v) is 5.85. The van der Waals surface area contributed by atoms with Gasteiger partial charge in [0.25, 0.3) is 0 Å². The second kappa shape index (κ2) is 6.68. The molecule has 1 aromatic heterocycles. The number of thiophene rings is 1. The van der Waals surface area contributed by atoms with Crippen LogP contribution in [0.5, 0.6) is 11.5 Å². The maximum absolute atomic E-state index is 6.37. The molecule has 108 valence electrons. The van der Waals surface area contributed by atoms with Crippen molar-refractivity contribution >= 4 is 34.5 Å². The van der Waals surface area contributed by atoms with Crippen molar-refractivity contribution in [2.24, 2.45) is 0 Å². The Kier molecular flexibility index (Phi) is 5.16. The predicted molar refractivity (Wildman–Crippen MR) is 84.8 cm³/mol. The molecular formula is C14H15Cl2NO2S. The molecule has 1 unspecified atom stereocenters. The van der Waals surface area contributed by atoms with Crippen molar-refractivity contribution in [3.8, 4) is 11.5 Å². The van der Waals surface area contributed by atoms with Gasteiger partial charge in [0, 0.05) is 16.0 Å². The van der Waals surface area contributed by atoms with Crippen molar-refractivity contribution in [2.75, 3.05) is 21.3 Å². The summed E-state index contributed by atoms with van der Waals surface area (Å²) in [4.78, 5) is 1.02. The molecule has 0 radical (unpaired) electrons. The fourth-order valence-corrected chi connectivity index (χ4v) is 3.59. The highest BCUT2D eigenvalue weighted by Crippen LogP contribution is 2.40. The maximum Gasteiger partial charge on any atom is 0.162 e. The lowest BCUT2D eigenvalue weighted by Gasteiger charge is -2.19. The molecule has 2 rings (SSSR count). The van der Waals surface area contributed by atoms with E-state index in [9.17, 15) is 0 Å². The summed E-state index contributed by atoms with van der Waals surface area (Å²) in [5.74, 6) is 1.24. The monoisotopic (exact) mass is 331 g/mol. The van der Waals surface area contributed by atoms with Gasteiger partial charge in [-0.1, -0.05) is 23.2 Å². The fourth-order valence-electron chi connectivity index (χ4n) is 2.03. The number of benzene rings is 1. The average Bonchev–Trinajstić information content (AvgIpc) is 2.87. The number of methoxy groups -OCH3 is 2. The SMILES string of the molecule is CNC(c1cc(OC)c(OC)cc1Cl)c1sccc1Cl. The van der Waals surface area contributed by atoms with E-state index < -0.39 is 0 Å². The first kappa shape index (κ1) is 15.4. The van der Waals surface area contributed by atoms with Gasteiger partial charge in [0.1, 0.15) is 0 Å². The Morgan fingerprint density at radius 2 is 1.75 bits per heavy atom. The predicted octanol–water partition coefficient (Wildman–Crippen LogP) is 4.38. The summed E-state index contributed by atoms with van der Waals surface area (Å²) in [6.07, 6.45) is 0. The summed E-state index contributed by atoms with van der Waals surface area (Å²) >= 11 is 14.2. The summed E-state index contributed by atoms with van der Waals surface area (Å²) in [5, 5.41) is 6.52. The summed E-state index contributed by atoms with van der Waals surface area (Å²) < 4.78 is 10.6. The molecule has 0 saturated carbocycles. The Balaban J connectivity index is 2.52. The van der Waals surface area contributed by atoms with Crippen molar-refractivity contribution < 1.29 is 9.47 Å². The minimum absolute atomic E-state index is 0.0881. The molecule has 2 aromatic rings. The third-order valence-corrected chi connectivity index (χ3v) is 4.76. The van der Waals surface area contributed by atoms with E-state index in [1.54, 1.807) is 31.6 Å². The van der Waals surface area contributed by atoms with E-state index in [1.165, 1.54) is 0 Å². The normalized spacial score (nSPS) is 12.2.